The lowest BCUT2D eigenvalue weighted by Gasteiger charge is -2.37. The summed E-state index contributed by atoms with van der Waals surface area (Å²) in [7, 11) is 4.10. The Bertz CT molecular complexity index is 473. The van der Waals surface area contributed by atoms with Gasteiger partial charge in [-0.05, 0) is 51.1 Å². The van der Waals surface area contributed by atoms with Crippen molar-refractivity contribution in [3.63, 3.8) is 0 Å². The van der Waals surface area contributed by atoms with Crippen molar-refractivity contribution in [1.29, 1.82) is 0 Å². The minimum Gasteiger partial charge on any atom is -0.508 e. The SMILES string of the molecule is CN(C)C1CCCN(C(=O)[C@@H](N)Cc2ccc(O)cc2)C1. The molecule has 5 nitrogen and oxygen atoms in total. The van der Waals surface area contributed by atoms with Gasteiger partial charge in [0.1, 0.15) is 5.75 Å². The highest BCUT2D eigenvalue weighted by atomic mass is 16.3. The van der Waals surface area contributed by atoms with Crippen LogP contribution in [-0.4, -0.2) is 60.1 Å². The van der Waals surface area contributed by atoms with Gasteiger partial charge in [-0.1, -0.05) is 12.1 Å². The molecule has 3 N–H and O–H groups in total. The third kappa shape index (κ3) is 4.19. The highest BCUT2D eigenvalue weighted by Crippen LogP contribution is 2.16. The molecule has 2 rings (SSSR count). The van der Waals surface area contributed by atoms with Crippen molar-refractivity contribution < 1.29 is 9.90 Å². The van der Waals surface area contributed by atoms with E-state index in [1.807, 2.05) is 4.90 Å². The van der Waals surface area contributed by atoms with E-state index < -0.39 is 6.04 Å². The Morgan fingerprint density at radius 1 is 1.43 bits per heavy atom. The van der Waals surface area contributed by atoms with E-state index in [1.54, 1.807) is 24.3 Å². The van der Waals surface area contributed by atoms with Crippen LogP contribution in [-0.2, 0) is 11.2 Å². The van der Waals surface area contributed by atoms with Crippen LogP contribution < -0.4 is 5.73 Å². The van der Waals surface area contributed by atoms with Crippen molar-refractivity contribution in [2.45, 2.75) is 31.3 Å². The van der Waals surface area contributed by atoms with Crippen LogP contribution in [0.25, 0.3) is 0 Å². The van der Waals surface area contributed by atoms with Crippen molar-refractivity contribution in [2.24, 2.45) is 5.73 Å². The first-order valence-electron chi connectivity index (χ1n) is 7.46. The Morgan fingerprint density at radius 3 is 2.71 bits per heavy atom. The molecule has 1 aliphatic rings. The molecule has 1 unspecified atom stereocenters. The highest BCUT2D eigenvalue weighted by molar-refractivity contribution is 5.82. The Kier molecular flexibility index (Phi) is 5.20. The number of hydrogen-bond acceptors (Lipinski definition) is 4. The molecule has 1 aromatic rings. The van der Waals surface area contributed by atoms with E-state index in [0.29, 0.717) is 12.5 Å². The number of aromatic hydroxyl groups is 1. The fourth-order valence-corrected chi connectivity index (χ4v) is 2.78. The summed E-state index contributed by atoms with van der Waals surface area (Å²) in [6, 6.07) is 6.76. The van der Waals surface area contributed by atoms with Crippen molar-refractivity contribution in [3.05, 3.63) is 29.8 Å². The average Bonchev–Trinajstić information content (AvgIpc) is 2.49. The van der Waals surface area contributed by atoms with E-state index in [4.69, 9.17) is 5.73 Å². The van der Waals surface area contributed by atoms with Gasteiger partial charge < -0.3 is 20.6 Å². The minimum absolute atomic E-state index is 0.0228. The van der Waals surface area contributed by atoms with Gasteiger partial charge in [0.05, 0.1) is 6.04 Å². The molecule has 5 heteroatoms. The Balaban J connectivity index is 1.93. The monoisotopic (exact) mass is 291 g/mol. The molecule has 21 heavy (non-hydrogen) atoms. The fraction of sp³-hybridized carbons (Fsp3) is 0.562. The van der Waals surface area contributed by atoms with E-state index in [1.165, 1.54) is 0 Å². The summed E-state index contributed by atoms with van der Waals surface area (Å²) in [4.78, 5) is 16.5. The number of carbonyl (C=O) groups is 1. The number of phenols is 1. The summed E-state index contributed by atoms with van der Waals surface area (Å²) in [5.41, 5.74) is 7.04. The summed E-state index contributed by atoms with van der Waals surface area (Å²) >= 11 is 0. The lowest BCUT2D eigenvalue weighted by atomic mass is 10.0. The first-order chi connectivity index (χ1) is 9.97. The van der Waals surface area contributed by atoms with Gasteiger partial charge in [0.2, 0.25) is 5.91 Å². The summed E-state index contributed by atoms with van der Waals surface area (Å²) in [5.74, 6) is 0.248. The molecule has 2 atom stereocenters. The van der Waals surface area contributed by atoms with Gasteiger partial charge in [0.15, 0.2) is 0 Å². The van der Waals surface area contributed by atoms with Crippen LogP contribution in [0.4, 0.5) is 0 Å². The second-order valence-corrected chi connectivity index (χ2v) is 6.02. The quantitative estimate of drug-likeness (QED) is 0.861. The lowest BCUT2D eigenvalue weighted by Crippen LogP contribution is -2.52. The maximum Gasteiger partial charge on any atom is 0.239 e. The average molecular weight is 291 g/mol. The van der Waals surface area contributed by atoms with Gasteiger partial charge in [-0.2, -0.15) is 0 Å². The minimum atomic E-state index is -0.518. The first kappa shape index (κ1) is 15.8. The number of carbonyl (C=O) groups excluding carboxylic acids is 1. The molecule has 0 radical (unpaired) electrons. The highest BCUT2D eigenvalue weighted by Gasteiger charge is 2.27. The van der Waals surface area contributed by atoms with Gasteiger partial charge in [-0.3, -0.25) is 4.79 Å². The Labute approximate surface area is 126 Å². The van der Waals surface area contributed by atoms with Crippen LogP contribution in [0.15, 0.2) is 24.3 Å². The number of rotatable bonds is 4. The zero-order valence-corrected chi connectivity index (χ0v) is 12.8. The molecule has 0 spiro atoms. The van der Waals surface area contributed by atoms with Crippen LogP contribution in [0.3, 0.4) is 0 Å². The first-order valence-corrected chi connectivity index (χ1v) is 7.46. The van der Waals surface area contributed by atoms with Crippen molar-refractivity contribution in [3.8, 4) is 5.75 Å². The lowest BCUT2D eigenvalue weighted by molar-refractivity contribution is -0.134. The van der Waals surface area contributed by atoms with E-state index in [9.17, 15) is 9.90 Å². The van der Waals surface area contributed by atoms with Crippen molar-refractivity contribution in [1.82, 2.24) is 9.80 Å². The summed E-state index contributed by atoms with van der Waals surface area (Å²) < 4.78 is 0. The van der Waals surface area contributed by atoms with Gasteiger partial charge >= 0.3 is 0 Å². The van der Waals surface area contributed by atoms with E-state index in [-0.39, 0.29) is 11.7 Å². The number of nitrogens with two attached hydrogens (primary N) is 1. The summed E-state index contributed by atoms with van der Waals surface area (Å²) in [5, 5.41) is 9.27. The van der Waals surface area contributed by atoms with E-state index in [2.05, 4.69) is 19.0 Å². The fourth-order valence-electron chi connectivity index (χ4n) is 2.78. The van der Waals surface area contributed by atoms with Gasteiger partial charge in [-0.25, -0.2) is 0 Å². The number of amides is 1. The Hall–Kier alpha value is -1.59. The number of hydrogen-bond donors (Lipinski definition) is 2. The van der Waals surface area contributed by atoms with Crippen LogP contribution >= 0.6 is 0 Å². The van der Waals surface area contributed by atoms with Crippen LogP contribution in [0.1, 0.15) is 18.4 Å². The summed E-state index contributed by atoms with van der Waals surface area (Å²) in [6.07, 6.45) is 2.66. The van der Waals surface area contributed by atoms with Crippen LogP contribution in [0, 0.1) is 0 Å². The van der Waals surface area contributed by atoms with Crippen molar-refractivity contribution >= 4 is 5.91 Å². The molecule has 0 bridgehead atoms. The van der Waals surface area contributed by atoms with Gasteiger partial charge in [0.25, 0.3) is 0 Å². The standard InChI is InChI=1S/C16H25N3O2/c1-18(2)13-4-3-9-19(11-13)16(21)15(17)10-12-5-7-14(20)8-6-12/h5-8,13,15,20H,3-4,9-11,17H2,1-2H3/t13?,15-/m0/s1. The molecule has 0 aromatic heterocycles. The third-order valence-electron chi connectivity index (χ3n) is 4.15. The zero-order chi connectivity index (χ0) is 15.4. The Morgan fingerprint density at radius 2 is 2.10 bits per heavy atom. The smallest absolute Gasteiger partial charge is 0.239 e. The molecule has 1 heterocycles. The molecular weight excluding hydrogens is 266 g/mol. The zero-order valence-electron chi connectivity index (χ0n) is 12.8. The second-order valence-electron chi connectivity index (χ2n) is 6.02. The molecule has 116 valence electrons. The molecule has 1 aromatic carbocycles. The molecule has 1 saturated heterocycles. The molecule has 0 saturated carbocycles. The topological polar surface area (TPSA) is 69.8 Å². The van der Waals surface area contributed by atoms with Crippen LogP contribution in [0.5, 0.6) is 5.75 Å². The van der Waals surface area contributed by atoms with E-state index in [0.717, 1.165) is 31.5 Å². The van der Waals surface area contributed by atoms with Gasteiger partial charge in [0, 0.05) is 19.1 Å². The number of phenolic OH excluding ortho intramolecular Hbond substituents is 1. The second kappa shape index (κ2) is 6.91. The third-order valence-corrected chi connectivity index (χ3v) is 4.15. The molecule has 1 amide bonds. The molecule has 1 aliphatic heterocycles. The predicted octanol–water partition coefficient (Wildman–Crippen LogP) is 0.815. The number of benzene rings is 1. The number of nitrogens with zero attached hydrogens (tertiary/aromatic N) is 2. The molecule has 0 aliphatic carbocycles. The van der Waals surface area contributed by atoms with Gasteiger partial charge in [-0.15, -0.1) is 0 Å². The van der Waals surface area contributed by atoms with Crippen LogP contribution in [0.2, 0.25) is 0 Å². The molecular formula is C16H25N3O2. The largest absolute Gasteiger partial charge is 0.508 e. The maximum atomic E-state index is 12.5. The summed E-state index contributed by atoms with van der Waals surface area (Å²) in [6.45, 7) is 1.56. The maximum absolute atomic E-state index is 12.5. The normalized spacial score (nSPS) is 20.6. The predicted molar refractivity (Wildman–Crippen MR) is 83.1 cm³/mol. The van der Waals surface area contributed by atoms with Crippen molar-refractivity contribution in [2.75, 3.05) is 27.2 Å². The number of likely N-dealkylation sites (tertiary alicyclic amines) is 1. The van der Waals surface area contributed by atoms with E-state index >= 15 is 0 Å². The number of piperidine rings is 1. The number of likely N-dealkylation sites (N-methyl/N-ethyl adjacent to an activating group) is 1. The molecule has 1 fully saturated rings.